The van der Waals surface area contributed by atoms with Crippen molar-refractivity contribution in [1.29, 1.82) is 0 Å². The molecule has 0 unspecified atom stereocenters. The lowest BCUT2D eigenvalue weighted by Gasteiger charge is -2.16. The van der Waals surface area contributed by atoms with Crippen molar-refractivity contribution in [3.8, 4) is 11.4 Å². The Bertz CT molecular complexity index is 1250. The van der Waals surface area contributed by atoms with Gasteiger partial charge in [0, 0.05) is 11.6 Å². The molecule has 0 aliphatic carbocycles. The minimum Gasteiger partial charge on any atom is -0.494 e. The molecule has 3 rings (SSSR count). The van der Waals surface area contributed by atoms with Crippen LogP contribution >= 0.6 is 0 Å². The number of nitrogens with two attached hydrogens (primary N) is 1. The van der Waals surface area contributed by atoms with E-state index in [1.807, 2.05) is 13.8 Å². The van der Waals surface area contributed by atoms with Crippen LogP contribution in [0.25, 0.3) is 5.69 Å². The highest BCUT2D eigenvalue weighted by atomic mass is 19.1. The lowest BCUT2D eigenvalue weighted by Crippen LogP contribution is -2.38. The van der Waals surface area contributed by atoms with E-state index in [0.29, 0.717) is 36.8 Å². The third-order valence-electron chi connectivity index (χ3n) is 6.02. The summed E-state index contributed by atoms with van der Waals surface area (Å²) < 4.78 is 34.3. The van der Waals surface area contributed by atoms with Gasteiger partial charge < -0.3 is 20.9 Å². The fourth-order valence-corrected chi connectivity index (χ4v) is 4.05. The van der Waals surface area contributed by atoms with E-state index in [1.54, 1.807) is 24.3 Å². The predicted molar refractivity (Wildman–Crippen MR) is 141 cm³/mol. The molecule has 10 heteroatoms. The number of carboxylic acid groups (broad SMARTS) is 1. The zero-order valence-corrected chi connectivity index (χ0v) is 21.6. The minimum atomic E-state index is -0.846. The second-order valence-corrected chi connectivity index (χ2v) is 9.55. The van der Waals surface area contributed by atoms with Crippen LogP contribution in [0, 0.1) is 17.6 Å². The first-order valence-corrected chi connectivity index (χ1v) is 12.7. The summed E-state index contributed by atoms with van der Waals surface area (Å²) in [6, 6.07) is 9.19. The number of rotatable bonds is 15. The normalized spacial score (nSPS) is 12.0. The molecule has 204 valence electrons. The van der Waals surface area contributed by atoms with Gasteiger partial charge in [0.2, 0.25) is 0 Å². The Morgan fingerprint density at radius 3 is 2.58 bits per heavy atom. The van der Waals surface area contributed by atoms with Crippen molar-refractivity contribution < 1.29 is 28.2 Å². The van der Waals surface area contributed by atoms with Gasteiger partial charge in [-0.1, -0.05) is 38.8 Å². The molecule has 4 N–H and O–H groups in total. The van der Waals surface area contributed by atoms with Gasteiger partial charge in [0.1, 0.15) is 29.1 Å². The van der Waals surface area contributed by atoms with Gasteiger partial charge in [0.25, 0.3) is 0 Å². The zero-order valence-electron chi connectivity index (χ0n) is 21.6. The number of nitrogens with zero attached hydrogens (tertiary/aromatic N) is 2. The number of carbonyl (C=O) groups is 2. The van der Waals surface area contributed by atoms with Gasteiger partial charge in [-0.05, 0) is 56.0 Å². The summed E-state index contributed by atoms with van der Waals surface area (Å²) in [5.74, 6) is -1.99. The average Bonchev–Trinajstić information content (AvgIpc) is 3.25. The van der Waals surface area contributed by atoms with Crippen LogP contribution < -0.4 is 15.8 Å². The van der Waals surface area contributed by atoms with Crippen LogP contribution in [-0.4, -0.2) is 45.8 Å². The van der Waals surface area contributed by atoms with Gasteiger partial charge in [-0.2, -0.15) is 5.10 Å². The molecule has 0 aliphatic heterocycles. The number of nitrogens with one attached hydrogen (secondary N) is 1. The fraction of sp³-hybridized carbons (Fsp3) is 0.393. The summed E-state index contributed by atoms with van der Waals surface area (Å²) in [7, 11) is 0. The fourth-order valence-electron chi connectivity index (χ4n) is 4.05. The number of ketones is 1. The van der Waals surface area contributed by atoms with E-state index in [0.717, 1.165) is 42.5 Å². The van der Waals surface area contributed by atoms with E-state index in [4.69, 9.17) is 10.5 Å². The van der Waals surface area contributed by atoms with Gasteiger partial charge in [0.05, 0.1) is 18.4 Å². The molecule has 3 aromatic rings. The molecule has 8 nitrogen and oxygen atoms in total. The molecule has 1 aromatic heterocycles. The van der Waals surface area contributed by atoms with Crippen LogP contribution in [0.4, 0.5) is 14.6 Å². The van der Waals surface area contributed by atoms with E-state index in [1.165, 1.54) is 12.3 Å². The van der Waals surface area contributed by atoms with E-state index in [-0.39, 0.29) is 17.1 Å². The molecule has 1 heterocycles. The van der Waals surface area contributed by atoms with Crippen molar-refractivity contribution in [1.82, 2.24) is 15.1 Å². The highest BCUT2D eigenvalue weighted by Gasteiger charge is 2.20. The molecule has 38 heavy (non-hydrogen) atoms. The van der Waals surface area contributed by atoms with Crippen molar-refractivity contribution in [2.45, 2.75) is 52.0 Å². The molecule has 0 amide bonds. The number of hydrogen-bond donors (Lipinski definition) is 3. The van der Waals surface area contributed by atoms with Crippen LogP contribution in [0.1, 0.15) is 61.9 Å². The highest BCUT2D eigenvalue weighted by molar-refractivity contribution is 6.11. The topological polar surface area (TPSA) is 119 Å². The molecule has 0 saturated heterocycles. The molecule has 0 aliphatic rings. The monoisotopic (exact) mass is 528 g/mol. The molecule has 2 aromatic carbocycles. The third kappa shape index (κ3) is 7.85. The van der Waals surface area contributed by atoms with Gasteiger partial charge in [-0.3, -0.25) is 9.59 Å². The largest absolute Gasteiger partial charge is 0.494 e. The number of nitrogen functional groups attached to an aromatic ring is 1. The Kier molecular flexibility index (Phi) is 10.3. The third-order valence-corrected chi connectivity index (χ3v) is 6.02. The van der Waals surface area contributed by atoms with E-state index in [2.05, 4.69) is 10.4 Å². The molecule has 0 spiro atoms. The Morgan fingerprint density at radius 2 is 1.87 bits per heavy atom. The SMILES string of the molecule is CC(C)C[C@H](NCCCCCCOc1cccc(C(=O)c2cnn(-c3ccc(F)cc3F)c2N)c1)C(=O)O. The van der Waals surface area contributed by atoms with Gasteiger partial charge >= 0.3 is 5.97 Å². The van der Waals surface area contributed by atoms with Gasteiger partial charge in [0.15, 0.2) is 11.6 Å². The first kappa shape index (κ1) is 28.8. The number of benzene rings is 2. The molecular formula is C28H34F2N4O4. The molecule has 1 atom stereocenters. The lowest BCUT2D eigenvalue weighted by atomic mass is 10.0. The summed E-state index contributed by atoms with van der Waals surface area (Å²) in [5, 5.41) is 16.4. The van der Waals surface area contributed by atoms with Crippen LogP contribution in [-0.2, 0) is 4.79 Å². The maximum atomic E-state index is 14.2. The van der Waals surface area contributed by atoms with Crippen molar-refractivity contribution >= 4 is 17.6 Å². The quantitative estimate of drug-likeness (QED) is 0.188. The summed E-state index contributed by atoms with van der Waals surface area (Å²) in [6.07, 6.45) is 5.42. The lowest BCUT2D eigenvalue weighted by molar-refractivity contribution is -0.139. The van der Waals surface area contributed by atoms with Crippen molar-refractivity contribution in [3.63, 3.8) is 0 Å². The smallest absolute Gasteiger partial charge is 0.320 e. The van der Waals surface area contributed by atoms with Crippen LogP contribution in [0.3, 0.4) is 0 Å². The van der Waals surface area contributed by atoms with Crippen molar-refractivity contribution in [2.75, 3.05) is 18.9 Å². The summed E-state index contributed by atoms with van der Waals surface area (Å²) in [5.41, 5.74) is 6.45. The zero-order chi connectivity index (χ0) is 27.7. The Labute approximate surface area is 220 Å². The number of ether oxygens (including phenoxy) is 1. The molecule has 0 radical (unpaired) electrons. The average molecular weight is 529 g/mol. The number of aliphatic carboxylic acids is 1. The Hall–Kier alpha value is -3.79. The number of carboxylic acids is 1. The number of carbonyl (C=O) groups excluding carboxylic acids is 1. The van der Waals surface area contributed by atoms with E-state index < -0.39 is 29.4 Å². The van der Waals surface area contributed by atoms with E-state index >= 15 is 0 Å². The van der Waals surface area contributed by atoms with Crippen LogP contribution in [0.15, 0.2) is 48.7 Å². The van der Waals surface area contributed by atoms with Crippen LogP contribution in [0.5, 0.6) is 5.75 Å². The number of halogens is 2. The number of hydrogen-bond acceptors (Lipinski definition) is 6. The molecule has 0 bridgehead atoms. The standard InChI is InChI=1S/C28H34F2N4O4/c1-18(2)14-24(28(36)37)32-12-5-3-4-6-13-38-21-9-7-8-19(15-21)26(35)22-17-33-34(27(22)31)25-11-10-20(29)16-23(25)30/h7-11,15-18,24,32H,3-6,12-14,31H2,1-2H3,(H,36,37)/t24-/m0/s1. The number of anilines is 1. The van der Waals surface area contributed by atoms with Crippen molar-refractivity contribution in [2.24, 2.45) is 5.92 Å². The first-order chi connectivity index (χ1) is 18.2. The number of aromatic nitrogens is 2. The second kappa shape index (κ2) is 13.7. The molecule has 0 saturated carbocycles. The minimum absolute atomic E-state index is 0.0554. The maximum Gasteiger partial charge on any atom is 0.320 e. The first-order valence-electron chi connectivity index (χ1n) is 12.7. The highest BCUT2D eigenvalue weighted by Crippen LogP contribution is 2.24. The molecular weight excluding hydrogens is 494 g/mol. The van der Waals surface area contributed by atoms with E-state index in [9.17, 15) is 23.5 Å². The maximum absolute atomic E-state index is 14.2. The second-order valence-electron chi connectivity index (χ2n) is 9.55. The van der Waals surface area contributed by atoms with Crippen LogP contribution in [0.2, 0.25) is 0 Å². The summed E-state index contributed by atoms with van der Waals surface area (Å²) in [6.45, 7) is 5.14. The Balaban J connectivity index is 1.47. The molecule has 0 fully saturated rings. The summed E-state index contributed by atoms with van der Waals surface area (Å²) >= 11 is 0. The number of unbranched alkanes of at least 4 members (excludes halogenated alkanes) is 3. The Morgan fingerprint density at radius 1 is 1.11 bits per heavy atom. The predicted octanol–water partition coefficient (Wildman–Crippen LogP) is 4.99. The van der Waals surface area contributed by atoms with Gasteiger partial charge in [-0.15, -0.1) is 0 Å². The van der Waals surface area contributed by atoms with Crippen molar-refractivity contribution in [3.05, 3.63) is 71.4 Å². The summed E-state index contributed by atoms with van der Waals surface area (Å²) in [4.78, 5) is 24.3. The van der Waals surface area contributed by atoms with Gasteiger partial charge in [-0.25, -0.2) is 13.5 Å².